The van der Waals surface area contributed by atoms with E-state index in [-0.39, 0.29) is 5.91 Å². The number of nitrogens with one attached hydrogen (secondary N) is 2. The number of nitrogens with zero attached hydrogens (tertiary/aromatic N) is 1. The van der Waals surface area contributed by atoms with Crippen LogP contribution in [0.5, 0.6) is 0 Å². The van der Waals surface area contributed by atoms with E-state index >= 15 is 0 Å². The quantitative estimate of drug-likeness (QED) is 0.647. The molecule has 6 heteroatoms. The zero-order chi connectivity index (χ0) is 14.1. The number of carbonyl (C=O) groups excluding carboxylic acids is 1. The lowest BCUT2D eigenvalue weighted by Gasteiger charge is -2.02. The van der Waals surface area contributed by atoms with E-state index in [9.17, 15) is 4.79 Å². The highest BCUT2D eigenvalue weighted by atomic mass is 32.1. The molecule has 0 saturated heterocycles. The molecule has 0 aliphatic heterocycles. The second-order valence-electron chi connectivity index (χ2n) is 4.54. The minimum absolute atomic E-state index is 0.145. The van der Waals surface area contributed by atoms with Gasteiger partial charge >= 0.3 is 0 Å². The van der Waals surface area contributed by atoms with E-state index in [1.54, 1.807) is 17.6 Å². The van der Waals surface area contributed by atoms with Crippen molar-refractivity contribution >= 4 is 33.8 Å². The lowest BCUT2D eigenvalue weighted by molar-refractivity contribution is 0.0947. The van der Waals surface area contributed by atoms with Gasteiger partial charge in [0.05, 0.1) is 29.0 Å². The van der Waals surface area contributed by atoms with Gasteiger partial charge in [-0.25, -0.2) is 4.98 Å². The molecule has 0 atom stereocenters. The maximum absolute atomic E-state index is 12.1. The van der Waals surface area contributed by atoms with Crippen molar-refractivity contribution in [2.45, 2.75) is 13.5 Å². The number of aromatic nitrogens is 2. The Morgan fingerprint density at radius 1 is 1.50 bits per heavy atom. The van der Waals surface area contributed by atoms with Gasteiger partial charge in [0.2, 0.25) is 0 Å². The Bertz CT molecular complexity index is 774. The number of benzene rings is 1. The highest BCUT2D eigenvalue weighted by Gasteiger charge is 2.11. The number of rotatable bonds is 3. The molecule has 4 N–H and O–H groups in total. The molecule has 0 radical (unpaired) electrons. The highest BCUT2D eigenvalue weighted by molar-refractivity contribution is 7.09. The molecule has 0 aliphatic rings. The topological polar surface area (TPSA) is 83.8 Å². The van der Waals surface area contributed by atoms with Crippen molar-refractivity contribution in [1.29, 1.82) is 0 Å². The summed E-state index contributed by atoms with van der Waals surface area (Å²) in [7, 11) is 0. The van der Waals surface area contributed by atoms with E-state index in [0.29, 0.717) is 17.9 Å². The largest absolute Gasteiger partial charge is 0.397 e. The van der Waals surface area contributed by atoms with Gasteiger partial charge < -0.3 is 16.0 Å². The van der Waals surface area contributed by atoms with E-state index < -0.39 is 0 Å². The smallest absolute Gasteiger partial charge is 0.268 e. The standard InChI is InChI=1S/C14H14N4OS/c1-8-12(20-7-17-8)6-16-14(19)11-5-9-3-2-4-10(15)13(9)18-11/h2-5,7,18H,6,15H2,1H3,(H,16,19). The number of nitrogen functional groups attached to an aromatic ring is 1. The molecule has 102 valence electrons. The third-order valence-corrected chi connectivity index (χ3v) is 4.12. The van der Waals surface area contributed by atoms with Crippen LogP contribution in [-0.4, -0.2) is 15.9 Å². The number of anilines is 1. The number of thiazole rings is 1. The van der Waals surface area contributed by atoms with E-state index in [2.05, 4.69) is 15.3 Å². The lowest BCUT2D eigenvalue weighted by Crippen LogP contribution is -2.22. The molecule has 0 spiro atoms. The van der Waals surface area contributed by atoms with E-state index in [1.807, 2.05) is 19.1 Å². The Morgan fingerprint density at radius 3 is 3.05 bits per heavy atom. The summed E-state index contributed by atoms with van der Waals surface area (Å²) in [6.45, 7) is 2.42. The van der Waals surface area contributed by atoms with Gasteiger partial charge in [-0.2, -0.15) is 0 Å². The van der Waals surface area contributed by atoms with Crippen LogP contribution in [-0.2, 0) is 6.54 Å². The van der Waals surface area contributed by atoms with Gasteiger partial charge in [0.1, 0.15) is 5.69 Å². The van der Waals surface area contributed by atoms with Crippen molar-refractivity contribution < 1.29 is 4.79 Å². The second-order valence-corrected chi connectivity index (χ2v) is 5.48. The van der Waals surface area contributed by atoms with Crippen LogP contribution in [0.15, 0.2) is 29.8 Å². The van der Waals surface area contributed by atoms with Crippen LogP contribution < -0.4 is 11.1 Å². The number of hydrogen-bond acceptors (Lipinski definition) is 4. The lowest BCUT2D eigenvalue weighted by atomic mass is 10.2. The summed E-state index contributed by atoms with van der Waals surface area (Å²) in [5.74, 6) is -0.145. The summed E-state index contributed by atoms with van der Waals surface area (Å²) in [6, 6.07) is 7.40. The first-order valence-corrected chi connectivity index (χ1v) is 7.07. The third kappa shape index (κ3) is 2.25. The number of hydrogen-bond donors (Lipinski definition) is 3. The molecule has 0 fully saturated rings. The summed E-state index contributed by atoms with van der Waals surface area (Å²) < 4.78 is 0. The Balaban J connectivity index is 1.79. The maximum atomic E-state index is 12.1. The zero-order valence-electron chi connectivity index (χ0n) is 10.9. The van der Waals surface area contributed by atoms with Crippen LogP contribution in [0.4, 0.5) is 5.69 Å². The molecule has 0 bridgehead atoms. The minimum atomic E-state index is -0.145. The fraction of sp³-hybridized carbons (Fsp3) is 0.143. The number of nitrogens with two attached hydrogens (primary N) is 1. The van der Waals surface area contributed by atoms with Crippen molar-refractivity contribution in [2.75, 3.05) is 5.73 Å². The summed E-state index contributed by atoms with van der Waals surface area (Å²) >= 11 is 1.54. The van der Waals surface area contributed by atoms with Crippen molar-refractivity contribution in [3.63, 3.8) is 0 Å². The van der Waals surface area contributed by atoms with Crippen LogP contribution in [0.3, 0.4) is 0 Å². The maximum Gasteiger partial charge on any atom is 0.268 e. The second kappa shape index (κ2) is 4.97. The number of aromatic amines is 1. The van der Waals surface area contributed by atoms with E-state index in [0.717, 1.165) is 21.5 Å². The average Bonchev–Trinajstić information content (AvgIpc) is 3.03. The number of fused-ring (bicyclic) bond motifs is 1. The molecule has 2 heterocycles. The minimum Gasteiger partial charge on any atom is -0.397 e. The number of carbonyl (C=O) groups is 1. The predicted octanol–water partition coefficient (Wildman–Crippen LogP) is 2.45. The zero-order valence-corrected chi connectivity index (χ0v) is 11.8. The fourth-order valence-electron chi connectivity index (χ4n) is 2.05. The summed E-state index contributed by atoms with van der Waals surface area (Å²) in [5.41, 5.74) is 10.6. The Kier molecular flexibility index (Phi) is 3.15. The average molecular weight is 286 g/mol. The molecule has 5 nitrogen and oxygen atoms in total. The number of amides is 1. The summed E-state index contributed by atoms with van der Waals surface area (Å²) in [6.07, 6.45) is 0. The first-order valence-electron chi connectivity index (χ1n) is 6.19. The summed E-state index contributed by atoms with van der Waals surface area (Å²) in [4.78, 5) is 20.4. The van der Waals surface area contributed by atoms with Crippen LogP contribution >= 0.6 is 11.3 Å². The van der Waals surface area contributed by atoms with Crippen LogP contribution in [0, 0.1) is 6.92 Å². The molecule has 20 heavy (non-hydrogen) atoms. The normalized spacial score (nSPS) is 10.8. The van der Waals surface area contributed by atoms with Gasteiger partial charge in [-0.05, 0) is 19.1 Å². The number of H-pyrrole nitrogens is 1. The molecule has 0 aliphatic carbocycles. The third-order valence-electron chi connectivity index (χ3n) is 3.19. The van der Waals surface area contributed by atoms with Crippen LogP contribution in [0.2, 0.25) is 0 Å². The first kappa shape index (κ1) is 12.7. The molecule has 0 saturated carbocycles. The van der Waals surface area contributed by atoms with Crippen LogP contribution in [0.1, 0.15) is 21.1 Å². The predicted molar refractivity (Wildman–Crippen MR) is 80.7 cm³/mol. The molecular formula is C14H14N4OS. The monoisotopic (exact) mass is 286 g/mol. The van der Waals surface area contributed by atoms with Crippen molar-refractivity contribution in [1.82, 2.24) is 15.3 Å². The number of aryl methyl sites for hydroxylation is 1. The number of para-hydroxylation sites is 1. The van der Waals surface area contributed by atoms with Crippen molar-refractivity contribution in [2.24, 2.45) is 0 Å². The molecule has 1 aromatic carbocycles. The van der Waals surface area contributed by atoms with Crippen LogP contribution in [0.25, 0.3) is 10.9 Å². The van der Waals surface area contributed by atoms with Gasteiger partial charge in [0.15, 0.2) is 0 Å². The molecular weight excluding hydrogens is 272 g/mol. The fourth-order valence-corrected chi connectivity index (χ4v) is 2.77. The molecule has 0 unspecified atom stereocenters. The van der Waals surface area contributed by atoms with Gasteiger partial charge in [-0.3, -0.25) is 4.79 Å². The molecule has 3 aromatic rings. The Labute approximate surface area is 119 Å². The molecule has 3 rings (SSSR count). The highest BCUT2D eigenvalue weighted by Crippen LogP contribution is 2.21. The van der Waals surface area contributed by atoms with E-state index in [1.165, 1.54) is 11.3 Å². The van der Waals surface area contributed by atoms with E-state index in [4.69, 9.17) is 5.73 Å². The van der Waals surface area contributed by atoms with Gasteiger partial charge in [0, 0.05) is 10.3 Å². The summed E-state index contributed by atoms with van der Waals surface area (Å²) in [5, 5.41) is 3.82. The van der Waals surface area contributed by atoms with Gasteiger partial charge in [-0.1, -0.05) is 12.1 Å². The van der Waals surface area contributed by atoms with Crippen molar-refractivity contribution in [3.05, 3.63) is 46.0 Å². The Morgan fingerprint density at radius 2 is 2.35 bits per heavy atom. The first-order chi connectivity index (χ1) is 9.65. The SMILES string of the molecule is Cc1ncsc1CNC(=O)c1cc2cccc(N)c2[nH]1. The Hall–Kier alpha value is -2.34. The van der Waals surface area contributed by atoms with Gasteiger partial charge in [-0.15, -0.1) is 11.3 Å². The van der Waals surface area contributed by atoms with Gasteiger partial charge in [0.25, 0.3) is 5.91 Å². The molecule has 2 aromatic heterocycles. The van der Waals surface area contributed by atoms with Crippen molar-refractivity contribution in [3.8, 4) is 0 Å². The molecule has 1 amide bonds.